The van der Waals surface area contributed by atoms with Crippen molar-refractivity contribution in [1.82, 2.24) is 14.9 Å². The zero-order chi connectivity index (χ0) is 18.5. The number of carbonyl (C=O) groups excluding carboxylic acids is 1. The number of imidazole rings is 1. The second-order valence-corrected chi connectivity index (χ2v) is 6.08. The van der Waals surface area contributed by atoms with Gasteiger partial charge in [0.1, 0.15) is 23.5 Å². The first-order chi connectivity index (χ1) is 12.5. The first-order valence-electron chi connectivity index (χ1n) is 8.29. The molecule has 134 valence electrons. The summed E-state index contributed by atoms with van der Waals surface area (Å²) in [4.78, 5) is 16.7. The number of amides is 1. The van der Waals surface area contributed by atoms with Gasteiger partial charge in [0.05, 0.1) is 0 Å². The molecular formula is C20H19F2N3O. The Labute approximate surface area is 150 Å². The van der Waals surface area contributed by atoms with Crippen molar-refractivity contribution in [2.24, 2.45) is 7.05 Å². The molecule has 0 fully saturated rings. The van der Waals surface area contributed by atoms with Gasteiger partial charge in [0, 0.05) is 25.9 Å². The van der Waals surface area contributed by atoms with Gasteiger partial charge in [0.25, 0.3) is 0 Å². The van der Waals surface area contributed by atoms with Gasteiger partial charge < -0.3 is 9.88 Å². The van der Waals surface area contributed by atoms with Crippen LogP contribution in [0.5, 0.6) is 0 Å². The molecule has 0 unspecified atom stereocenters. The van der Waals surface area contributed by atoms with Gasteiger partial charge in [-0.1, -0.05) is 24.3 Å². The number of nitrogens with one attached hydrogen (secondary N) is 1. The second kappa shape index (κ2) is 7.91. The molecule has 0 aliphatic rings. The molecule has 0 radical (unpaired) electrons. The Hall–Kier alpha value is -3.02. The topological polar surface area (TPSA) is 46.9 Å². The fourth-order valence-electron chi connectivity index (χ4n) is 2.78. The lowest BCUT2D eigenvalue weighted by atomic mass is 10.0. The van der Waals surface area contributed by atoms with Gasteiger partial charge in [-0.3, -0.25) is 4.79 Å². The smallest absolute Gasteiger partial charge is 0.221 e. The molecule has 2 aromatic carbocycles. The van der Waals surface area contributed by atoms with Crippen LogP contribution < -0.4 is 5.32 Å². The van der Waals surface area contributed by atoms with Gasteiger partial charge in [-0.05, 0) is 41.8 Å². The fourth-order valence-corrected chi connectivity index (χ4v) is 2.78. The van der Waals surface area contributed by atoms with E-state index in [2.05, 4.69) is 10.3 Å². The van der Waals surface area contributed by atoms with Gasteiger partial charge in [-0.15, -0.1) is 0 Å². The van der Waals surface area contributed by atoms with E-state index in [1.807, 2.05) is 7.05 Å². The quantitative estimate of drug-likeness (QED) is 0.735. The Morgan fingerprint density at radius 1 is 1.15 bits per heavy atom. The molecule has 4 nitrogen and oxygen atoms in total. The Bertz CT molecular complexity index is 890. The zero-order valence-electron chi connectivity index (χ0n) is 14.3. The van der Waals surface area contributed by atoms with Crippen molar-refractivity contribution >= 4 is 5.91 Å². The second-order valence-electron chi connectivity index (χ2n) is 6.08. The van der Waals surface area contributed by atoms with E-state index >= 15 is 0 Å². The van der Waals surface area contributed by atoms with Gasteiger partial charge in [0.2, 0.25) is 5.91 Å². The van der Waals surface area contributed by atoms with E-state index in [-0.39, 0.29) is 24.0 Å². The number of carbonyl (C=O) groups is 1. The van der Waals surface area contributed by atoms with Crippen molar-refractivity contribution in [3.8, 4) is 0 Å². The number of hydrogen-bond acceptors (Lipinski definition) is 2. The average Bonchev–Trinajstić information content (AvgIpc) is 3.05. The largest absolute Gasteiger partial charge is 0.342 e. The molecule has 3 aromatic rings. The maximum absolute atomic E-state index is 13.6. The van der Waals surface area contributed by atoms with Crippen LogP contribution in [0.4, 0.5) is 8.78 Å². The van der Waals surface area contributed by atoms with E-state index in [1.54, 1.807) is 41.2 Å². The third-order valence-corrected chi connectivity index (χ3v) is 4.16. The van der Waals surface area contributed by atoms with Crippen molar-refractivity contribution in [2.75, 3.05) is 0 Å². The molecule has 0 aliphatic heterocycles. The fraction of sp³-hybridized carbons (Fsp3) is 0.200. The number of aromatic nitrogens is 2. The lowest BCUT2D eigenvalue weighted by Crippen LogP contribution is -2.31. The van der Waals surface area contributed by atoms with E-state index < -0.39 is 6.04 Å². The molecule has 3 rings (SSSR count). The summed E-state index contributed by atoms with van der Waals surface area (Å²) in [7, 11) is 1.82. The SMILES string of the molecule is Cn1ccnc1[C@H](NC(=O)CCc1ccc(F)cc1)c1cccc(F)c1. The van der Waals surface area contributed by atoms with Crippen molar-refractivity contribution in [1.29, 1.82) is 0 Å². The highest BCUT2D eigenvalue weighted by Gasteiger charge is 2.21. The summed E-state index contributed by atoms with van der Waals surface area (Å²) in [6, 6.07) is 11.6. The summed E-state index contributed by atoms with van der Waals surface area (Å²) in [6.45, 7) is 0. The molecule has 1 amide bonds. The predicted molar refractivity (Wildman–Crippen MR) is 94.3 cm³/mol. The van der Waals surface area contributed by atoms with Gasteiger partial charge in [0.15, 0.2) is 0 Å². The van der Waals surface area contributed by atoms with Gasteiger partial charge in [-0.2, -0.15) is 0 Å². The van der Waals surface area contributed by atoms with E-state index in [1.165, 1.54) is 24.3 Å². The number of benzene rings is 2. The van der Waals surface area contributed by atoms with Crippen LogP contribution in [0.15, 0.2) is 60.9 Å². The lowest BCUT2D eigenvalue weighted by Gasteiger charge is -2.19. The van der Waals surface area contributed by atoms with Crippen LogP contribution in [0.2, 0.25) is 0 Å². The Balaban J connectivity index is 1.74. The van der Waals surface area contributed by atoms with E-state index in [4.69, 9.17) is 0 Å². The monoisotopic (exact) mass is 355 g/mol. The van der Waals surface area contributed by atoms with Crippen LogP contribution in [0, 0.1) is 11.6 Å². The molecule has 1 N–H and O–H groups in total. The highest BCUT2D eigenvalue weighted by molar-refractivity contribution is 5.77. The number of halogens is 2. The van der Waals surface area contributed by atoms with Crippen molar-refractivity contribution in [3.63, 3.8) is 0 Å². The van der Waals surface area contributed by atoms with Crippen molar-refractivity contribution in [2.45, 2.75) is 18.9 Å². The van der Waals surface area contributed by atoms with Gasteiger partial charge >= 0.3 is 0 Å². The minimum atomic E-state index is -0.550. The third-order valence-electron chi connectivity index (χ3n) is 4.16. The molecule has 0 spiro atoms. The highest BCUT2D eigenvalue weighted by Crippen LogP contribution is 2.21. The minimum absolute atomic E-state index is 0.188. The van der Waals surface area contributed by atoms with Gasteiger partial charge in [-0.25, -0.2) is 13.8 Å². The van der Waals surface area contributed by atoms with Crippen LogP contribution in [-0.4, -0.2) is 15.5 Å². The molecular weight excluding hydrogens is 336 g/mol. The van der Waals surface area contributed by atoms with E-state index in [0.717, 1.165) is 5.56 Å². The summed E-state index contributed by atoms with van der Waals surface area (Å²) in [5.41, 5.74) is 1.50. The lowest BCUT2D eigenvalue weighted by molar-refractivity contribution is -0.121. The van der Waals surface area contributed by atoms with Crippen molar-refractivity contribution < 1.29 is 13.6 Å². The van der Waals surface area contributed by atoms with Crippen LogP contribution in [0.25, 0.3) is 0 Å². The summed E-state index contributed by atoms with van der Waals surface area (Å²) in [5.74, 6) is -0.251. The summed E-state index contributed by atoms with van der Waals surface area (Å²) >= 11 is 0. The average molecular weight is 355 g/mol. The van der Waals surface area contributed by atoms with Crippen LogP contribution in [-0.2, 0) is 18.3 Å². The summed E-state index contributed by atoms with van der Waals surface area (Å²) in [5, 5.41) is 2.92. The summed E-state index contributed by atoms with van der Waals surface area (Å²) < 4.78 is 28.4. The molecule has 26 heavy (non-hydrogen) atoms. The number of hydrogen-bond donors (Lipinski definition) is 1. The predicted octanol–water partition coefficient (Wildman–Crippen LogP) is 3.54. The molecule has 0 bridgehead atoms. The molecule has 0 saturated heterocycles. The highest BCUT2D eigenvalue weighted by atomic mass is 19.1. The molecule has 1 atom stereocenters. The first-order valence-corrected chi connectivity index (χ1v) is 8.29. The number of nitrogens with zero attached hydrogens (tertiary/aromatic N) is 2. The molecule has 0 saturated carbocycles. The zero-order valence-corrected chi connectivity index (χ0v) is 14.3. The molecule has 1 aromatic heterocycles. The van der Waals surface area contributed by atoms with Crippen LogP contribution in [0.1, 0.15) is 29.4 Å². The molecule has 1 heterocycles. The van der Waals surface area contributed by atoms with E-state index in [9.17, 15) is 13.6 Å². The maximum atomic E-state index is 13.6. The van der Waals surface area contributed by atoms with Crippen LogP contribution in [0.3, 0.4) is 0 Å². The normalized spacial score (nSPS) is 12.0. The minimum Gasteiger partial charge on any atom is -0.342 e. The standard InChI is InChI=1S/C20H19F2N3O/c1-25-12-11-23-20(25)19(15-3-2-4-17(22)13-15)24-18(26)10-7-14-5-8-16(21)9-6-14/h2-6,8-9,11-13,19H,7,10H2,1H3,(H,24,26)/t19-/m1/s1. The molecule has 0 aliphatic carbocycles. The van der Waals surface area contributed by atoms with Crippen molar-refractivity contribution in [3.05, 3.63) is 89.5 Å². The summed E-state index contributed by atoms with van der Waals surface area (Å²) in [6.07, 6.45) is 4.13. The number of aryl methyl sites for hydroxylation is 2. The van der Waals surface area contributed by atoms with Crippen LogP contribution >= 0.6 is 0 Å². The molecule has 6 heteroatoms. The first kappa shape index (κ1) is 17.8. The maximum Gasteiger partial charge on any atom is 0.221 e. The Kier molecular flexibility index (Phi) is 5.41. The third kappa shape index (κ3) is 4.33. The Morgan fingerprint density at radius 3 is 2.58 bits per heavy atom. The number of rotatable bonds is 6. The Morgan fingerprint density at radius 2 is 1.92 bits per heavy atom. The van der Waals surface area contributed by atoms with E-state index in [0.29, 0.717) is 17.8 Å².